The van der Waals surface area contributed by atoms with Crippen LogP contribution in [0, 0.1) is 3.57 Å². The lowest BCUT2D eigenvalue weighted by Gasteiger charge is -2.07. The summed E-state index contributed by atoms with van der Waals surface area (Å²) in [6, 6.07) is 10.1. The third-order valence-electron chi connectivity index (χ3n) is 2.08. The smallest absolute Gasteiger partial charge is 0.0928 e. The molecule has 5 heteroatoms. The number of thiophene rings is 1. The zero-order valence-electron chi connectivity index (χ0n) is 7.88. The van der Waals surface area contributed by atoms with Gasteiger partial charge in [0, 0.05) is 8.45 Å². The van der Waals surface area contributed by atoms with Gasteiger partial charge in [-0.25, -0.2) is 0 Å². The molecule has 0 aliphatic carbocycles. The highest BCUT2D eigenvalue weighted by atomic mass is 127. The lowest BCUT2D eigenvalue weighted by Crippen LogP contribution is -1.89. The van der Waals surface area contributed by atoms with Crippen molar-refractivity contribution < 1.29 is 0 Å². The molecule has 2 rings (SSSR count). The Morgan fingerprint density at radius 2 is 1.88 bits per heavy atom. The average molecular weight is 448 g/mol. The molecule has 0 amide bonds. The van der Waals surface area contributed by atoms with Crippen LogP contribution in [-0.2, 0) is 0 Å². The summed E-state index contributed by atoms with van der Waals surface area (Å²) < 4.78 is 2.14. The van der Waals surface area contributed by atoms with E-state index < -0.39 is 0 Å². The fourth-order valence-electron chi connectivity index (χ4n) is 1.28. The third kappa shape index (κ3) is 2.93. The van der Waals surface area contributed by atoms with Gasteiger partial charge in [0.05, 0.1) is 14.2 Å². The summed E-state index contributed by atoms with van der Waals surface area (Å²) in [6.07, 6.45) is 0. The van der Waals surface area contributed by atoms with Crippen molar-refractivity contribution in [2.75, 3.05) is 0 Å². The molecule has 0 radical (unpaired) electrons. The first-order valence-electron chi connectivity index (χ1n) is 4.42. The topological polar surface area (TPSA) is 0 Å². The molecule has 2 aromatic rings. The van der Waals surface area contributed by atoms with Crippen LogP contribution in [-0.4, -0.2) is 0 Å². The van der Waals surface area contributed by atoms with Crippen molar-refractivity contribution in [1.82, 2.24) is 0 Å². The summed E-state index contributed by atoms with van der Waals surface area (Å²) in [6.45, 7) is 0. The van der Waals surface area contributed by atoms with E-state index in [9.17, 15) is 0 Å². The van der Waals surface area contributed by atoms with Crippen LogP contribution >= 0.6 is 73.1 Å². The number of alkyl halides is 1. The van der Waals surface area contributed by atoms with E-state index in [4.69, 9.17) is 23.2 Å². The Morgan fingerprint density at radius 3 is 2.38 bits per heavy atom. The lowest BCUT2D eigenvalue weighted by molar-refractivity contribution is 1.18. The lowest BCUT2D eigenvalue weighted by atomic mass is 10.1. The highest BCUT2D eigenvalue weighted by Gasteiger charge is 2.15. The van der Waals surface area contributed by atoms with E-state index >= 15 is 0 Å². The second-order valence-corrected chi connectivity index (χ2v) is 7.68. The van der Waals surface area contributed by atoms with Gasteiger partial charge in [-0.15, -0.1) is 22.9 Å². The van der Waals surface area contributed by atoms with Crippen molar-refractivity contribution in [3.63, 3.8) is 0 Å². The minimum absolute atomic E-state index is 0.134. The van der Waals surface area contributed by atoms with E-state index in [2.05, 4.69) is 50.7 Å². The van der Waals surface area contributed by atoms with Gasteiger partial charge < -0.3 is 0 Å². The predicted octanol–water partition coefficient (Wildman–Crippen LogP) is 6.10. The molecule has 0 fully saturated rings. The van der Waals surface area contributed by atoms with Crippen molar-refractivity contribution in [2.45, 2.75) is 5.38 Å². The molecule has 0 aliphatic heterocycles. The molecule has 0 saturated heterocycles. The van der Waals surface area contributed by atoms with Gasteiger partial charge in [-0.05, 0) is 62.3 Å². The first-order chi connectivity index (χ1) is 7.58. The zero-order valence-corrected chi connectivity index (χ0v) is 14.0. The van der Waals surface area contributed by atoms with E-state index in [0.717, 1.165) is 19.2 Å². The van der Waals surface area contributed by atoms with Crippen LogP contribution in [0.4, 0.5) is 0 Å². The molecule has 1 atom stereocenters. The van der Waals surface area contributed by atoms with E-state index in [1.165, 1.54) is 3.57 Å². The Morgan fingerprint density at radius 1 is 1.25 bits per heavy atom. The van der Waals surface area contributed by atoms with Crippen LogP contribution in [0.5, 0.6) is 0 Å². The first-order valence-corrected chi connectivity index (χ1v) is 7.92. The summed E-state index contributed by atoms with van der Waals surface area (Å²) in [4.78, 5) is 1.06. The van der Waals surface area contributed by atoms with Gasteiger partial charge in [0.2, 0.25) is 0 Å². The highest BCUT2D eigenvalue weighted by molar-refractivity contribution is 14.1. The molecule has 0 spiro atoms. The normalized spacial score (nSPS) is 12.8. The van der Waals surface area contributed by atoms with Crippen LogP contribution in [0.1, 0.15) is 15.8 Å². The molecule has 16 heavy (non-hydrogen) atoms. The van der Waals surface area contributed by atoms with Gasteiger partial charge in [-0.3, -0.25) is 0 Å². The Balaban J connectivity index is 2.31. The molecule has 1 heterocycles. The SMILES string of the molecule is Clc1cc(C(Cl)c2ccc(I)cc2)sc1Br. The van der Waals surface area contributed by atoms with E-state index in [1.807, 2.05) is 18.2 Å². The van der Waals surface area contributed by atoms with Gasteiger partial charge >= 0.3 is 0 Å². The maximum absolute atomic E-state index is 6.40. The monoisotopic (exact) mass is 446 g/mol. The van der Waals surface area contributed by atoms with Gasteiger partial charge in [-0.2, -0.15) is 0 Å². The van der Waals surface area contributed by atoms with Crippen LogP contribution in [0.25, 0.3) is 0 Å². The number of rotatable bonds is 2. The molecule has 0 N–H and O–H groups in total. The minimum Gasteiger partial charge on any atom is -0.130 e. The standard InChI is InChI=1S/C11H6BrCl2IS/c12-11-8(13)5-9(16-11)10(14)6-1-3-7(15)4-2-6/h1-5,10H. The van der Waals surface area contributed by atoms with Crippen molar-refractivity contribution in [2.24, 2.45) is 0 Å². The number of hydrogen-bond acceptors (Lipinski definition) is 1. The van der Waals surface area contributed by atoms with Crippen LogP contribution in [0.2, 0.25) is 5.02 Å². The van der Waals surface area contributed by atoms with Gasteiger partial charge in [0.15, 0.2) is 0 Å². The van der Waals surface area contributed by atoms with Gasteiger partial charge in [0.25, 0.3) is 0 Å². The quantitative estimate of drug-likeness (QED) is 0.385. The molecule has 0 aliphatic rings. The number of benzene rings is 1. The Kier molecular flexibility index (Phi) is 4.58. The fraction of sp³-hybridized carbons (Fsp3) is 0.0909. The van der Waals surface area contributed by atoms with Crippen LogP contribution in [0.3, 0.4) is 0 Å². The number of halogens is 4. The molecule has 0 saturated carbocycles. The summed E-state index contributed by atoms with van der Waals surface area (Å²) in [5.74, 6) is 0. The molecule has 0 nitrogen and oxygen atoms in total. The summed E-state index contributed by atoms with van der Waals surface area (Å²) in [5.41, 5.74) is 1.09. The Hall–Kier alpha value is 0.710. The van der Waals surface area contributed by atoms with Crippen molar-refractivity contribution >= 4 is 73.1 Å². The van der Waals surface area contributed by atoms with E-state index in [0.29, 0.717) is 0 Å². The fourth-order valence-corrected chi connectivity index (χ4v) is 3.74. The zero-order chi connectivity index (χ0) is 11.7. The summed E-state index contributed by atoms with van der Waals surface area (Å²) in [5, 5.41) is 0.585. The molecule has 1 aromatic heterocycles. The van der Waals surface area contributed by atoms with Crippen LogP contribution in [0.15, 0.2) is 34.1 Å². The summed E-state index contributed by atoms with van der Waals surface area (Å²) in [7, 11) is 0. The van der Waals surface area contributed by atoms with Crippen molar-refractivity contribution in [3.8, 4) is 0 Å². The molecule has 1 aromatic carbocycles. The van der Waals surface area contributed by atoms with E-state index in [1.54, 1.807) is 11.3 Å². The average Bonchev–Trinajstić information content (AvgIpc) is 2.59. The molecular weight excluding hydrogens is 442 g/mol. The molecular formula is C11H6BrCl2IS. The first kappa shape index (κ1) is 13.1. The predicted molar refractivity (Wildman–Crippen MR) is 83.9 cm³/mol. The van der Waals surface area contributed by atoms with Crippen LogP contribution < -0.4 is 0 Å². The molecule has 0 bridgehead atoms. The van der Waals surface area contributed by atoms with Gasteiger partial charge in [-0.1, -0.05) is 23.7 Å². The Bertz CT molecular complexity index is 476. The third-order valence-corrected chi connectivity index (χ3v) is 5.95. The maximum atomic E-state index is 6.40. The second kappa shape index (κ2) is 5.57. The maximum Gasteiger partial charge on any atom is 0.0928 e. The highest BCUT2D eigenvalue weighted by Crippen LogP contribution is 2.40. The van der Waals surface area contributed by atoms with Gasteiger partial charge in [0.1, 0.15) is 0 Å². The number of hydrogen-bond donors (Lipinski definition) is 0. The largest absolute Gasteiger partial charge is 0.130 e. The molecule has 1 unspecified atom stereocenters. The van der Waals surface area contributed by atoms with Crippen molar-refractivity contribution in [1.29, 1.82) is 0 Å². The Labute approximate surface area is 130 Å². The second-order valence-electron chi connectivity index (χ2n) is 3.18. The van der Waals surface area contributed by atoms with E-state index in [-0.39, 0.29) is 5.38 Å². The van der Waals surface area contributed by atoms with Crippen molar-refractivity contribution in [3.05, 3.63) is 53.2 Å². The molecule has 84 valence electrons. The summed E-state index contributed by atoms with van der Waals surface area (Å²) >= 11 is 19.6. The minimum atomic E-state index is -0.134.